The molecular formula is C22H19Cl2FN6O2. The van der Waals surface area contributed by atoms with Crippen LogP contribution in [0.1, 0.15) is 13.3 Å². The van der Waals surface area contributed by atoms with Gasteiger partial charge >= 0.3 is 5.97 Å². The molecule has 11 heteroatoms. The normalized spacial score (nSPS) is 10.9. The van der Waals surface area contributed by atoms with Gasteiger partial charge in [-0.15, -0.1) is 0 Å². The van der Waals surface area contributed by atoms with Gasteiger partial charge in [-0.05, 0) is 43.3 Å². The van der Waals surface area contributed by atoms with Gasteiger partial charge < -0.3 is 15.4 Å². The molecule has 0 spiro atoms. The first-order valence-corrected chi connectivity index (χ1v) is 10.8. The van der Waals surface area contributed by atoms with Crippen molar-refractivity contribution in [3.8, 4) is 0 Å². The number of carbonyl (C=O) groups excluding carboxylic acids is 1. The van der Waals surface area contributed by atoms with Crippen molar-refractivity contribution in [2.24, 2.45) is 0 Å². The second kappa shape index (κ2) is 10.0. The molecule has 0 aliphatic carbocycles. The maximum atomic E-state index is 14.3. The zero-order valence-electron chi connectivity index (χ0n) is 17.5. The Hall–Kier alpha value is -3.43. The molecular weight excluding hydrogens is 470 g/mol. The van der Waals surface area contributed by atoms with Gasteiger partial charge in [-0.25, -0.2) is 9.37 Å². The Balaban J connectivity index is 1.52. The first-order chi connectivity index (χ1) is 15.9. The van der Waals surface area contributed by atoms with E-state index in [-0.39, 0.29) is 24.2 Å². The van der Waals surface area contributed by atoms with Crippen molar-refractivity contribution < 1.29 is 13.9 Å². The van der Waals surface area contributed by atoms with Crippen LogP contribution in [-0.4, -0.2) is 32.3 Å². The number of anilines is 4. The standard InChI is InChI=1S/C22H19Cl2FN6O2/c1-2-33-20(32)7-8-31-19-10-15(4-3-13(19)11-27-31)29-22-26-12-18(25)21(30-22)28-14-5-6-16(23)17(24)9-14/h3-6,9-12H,2,7-8H2,1H3,(H2,26,28,29,30). The van der Waals surface area contributed by atoms with Crippen LogP contribution in [0, 0.1) is 5.82 Å². The smallest absolute Gasteiger partial charge is 0.307 e. The zero-order valence-corrected chi connectivity index (χ0v) is 19.0. The number of aromatic nitrogens is 4. The van der Waals surface area contributed by atoms with Crippen LogP contribution in [-0.2, 0) is 16.1 Å². The summed E-state index contributed by atoms with van der Waals surface area (Å²) < 4.78 is 21.0. The minimum Gasteiger partial charge on any atom is -0.466 e. The van der Waals surface area contributed by atoms with Gasteiger partial charge in [0.05, 0.1) is 47.5 Å². The maximum absolute atomic E-state index is 14.3. The van der Waals surface area contributed by atoms with Crippen LogP contribution in [0.15, 0.2) is 48.8 Å². The Bertz CT molecular complexity index is 1310. The molecule has 33 heavy (non-hydrogen) atoms. The largest absolute Gasteiger partial charge is 0.466 e. The molecule has 2 N–H and O–H groups in total. The number of nitrogens with zero attached hydrogens (tertiary/aromatic N) is 4. The average Bonchev–Trinajstić information content (AvgIpc) is 3.19. The molecule has 0 bridgehead atoms. The van der Waals surface area contributed by atoms with Crippen LogP contribution < -0.4 is 10.6 Å². The summed E-state index contributed by atoms with van der Waals surface area (Å²) in [4.78, 5) is 19.9. The number of hydrogen-bond donors (Lipinski definition) is 2. The van der Waals surface area contributed by atoms with Crippen molar-refractivity contribution in [3.05, 3.63) is 64.7 Å². The van der Waals surface area contributed by atoms with Crippen molar-refractivity contribution >= 4 is 63.2 Å². The van der Waals surface area contributed by atoms with Crippen LogP contribution in [0.4, 0.5) is 27.5 Å². The van der Waals surface area contributed by atoms with Crippen LogP contribution in [0.2, 0.25) is 10.0 Å². The Morgan fingerprint density at radius 1 is 1.09 bits per heavy atom. The van der Waals surface area contributed by atoms with E-state index in [0.29, 0.717) is 34.6 Å². The SMILES string of the molecule is CCOC(=O)CCn1ncc2ccc(Nc3ncc(F)c(Nc4ccc(Cl)c(Cl)c4)n3)cc21. The number of halogens is 3. The van der Waals surface area contributed by atoms with E-state index in [9.17, 15) is 9.18 Å². The molecule has 8 nitrogen and oxygen atoms in total. The van der Waals surface area contributed by atoms with Crippen LogP contribution in [0.5, 0.6) is 0 Å². The lowest BCUT2D eigenvalue weighted by Gasteiger charge is -2.10. The second-order valence-corrected chi connectivity index (χ2v) is 7.78. The highest BCUT2D eigenvalue weighted by Gasteiger charge is 2.11. The quantitative estimate of drug-likeness (QED) is 0.306. The minimum absolute atomic E-state index is 0.0218. The highest BCUT2D eigenvalue weighted by Crippen LogP contribution is 2.28. The Kier molecular flexibility index (Phi) is 6.90. The lowest BCUT2D eigenvalue weighted by Crippen LogP contribution is -2.09. The highest BCUT2D eigenvalue weighted by atomic mass is 35.5. The molecule has 2 aromatic carbocycles. The van der Waals surface area contributed by atoms with Gasteiger partial charge in [-0.3, -0.25) is 9.48 Å². The molecule has 0 amide bonds. The monoisotopic (exact) mass is 488 g/mol. The fraction of sp³-hybridized carbons (Fsp3) is 0.182. The molecule has 2 aromatic heterocycles. The van der Waals surface area contributed by atoms with E-state index < -0.39 is 5.82 Å². The molecule has 0 saturated heterocycles. The molecule has 170 valence electrons. The third-order valence-corrected chi connectivity index (χ3v) is 5.40. The lowest BCUT2D eigenvalue weighted by atomic mass is 10.2. The summed E-state index contributed by atoms with van der Waals surface area (Å²) in [5.41, 5.74) is 2.02. The molecule has 0 atom stereocenters. The Morgan fingerprint density at radius 3 is 2.67 bits per heavy atom. The predicted octanol–water partition coefficient (Wildman–Crippen LogP) is 5.71. The van der Waals surface area contributed by atoms with Crippen molar-refractivity contribution in [1.82, 2.24) is 19.7 Å². The molecule has 0 aliphatic heterocycles. The third-order valence-electron chi connectivity index (χ3n) is 4.66. The van der Waals surface area contributed by atoms with Crippen molar-refractivity contribution in [2.45, 2.75) is 19.9 Å². The molecule has 0 fully saturated rings. The van der Waals surface area contributed by atoms with Gasteiger partial charge in [0.25, 0.3) is 0 Å². The average molecular weight is 489 g/mol. The summed E-state index contributed by atoms with van der Waals surface area (Å²) in [5, 5.41) is 11.9. The number of nitrogens with one attached hydrogen (secondary N) is 2. The van der Waals surface area contributed by atoms with Crippen molar-refractivity contribution in [2.75, 3.05) is 17.2 Å². The van der Waals surface area contributed by atoms with Gasteiger partial charge in [-0.2, -0.15) is 10.1 Å². The van der Waals surface area contributed by atoms with Crippen LogP contribution in [0.3, 0.4) is 0 Å². The number of carbonyl (C=O) groups is 1. The van der Waals surface area contributed by atoms with E-state index >= 15 is 0 Å². The van der Waals surface area contributed by atoms with E-state index in [0.717, 1.165) is 17.1 Å². The maximum Gasteiger partial charge on any atom is 0.307 e. The first-order valence-electron chi connectivity index (χ1n) is 10.1. The summed E-state index contributed by atoms with van der Waals surface area (Å²) in [5.74, 6) is -0.737. The number of aryl methyl sites for hydroxylation is 1. The Morgan fingerprint density at radius 2 is 1.88 bits per heavy atom. The van der Waals surface area contributed by atoms with Gasteiger partial charge in [0, 0.05) is 16.8 Å². The minimum atomic E-state index is -0.626. The van der Waals surface area contributed by atoms with Crippen molar-refractivity contribution in [3.63, 3.8) is 0 Å². The van der Waals surface area contributed by atoms with E-state index in [1.807, 2.05) is 18.2 Å². The summed E-state index contributed by atoms with van der Waals surface area (Å²) >= 11 is 11.9. The predicted molar refractivity (Wildman–Crippen MR) is 126 cm³/mol. The van der Waals surface area contributed by atoms with Crippen LogP contribution >= 0.6 is 23.2 Å². The van der Waals surface area contributed by atoms with E-state index in [4.69, 9.17) is 27.9 Å². The van der Waals surface area contributed by atoms with Crippen LogP contribution in [0.25, 0.3) is 10.9 Å². The summed E-state index contributed by atoms with van der Waals surface area (Å²) in [6.07, 6.45) is 3.00. The summed E-state index contributed by atoms with van der Waals surface area (Å²) in [6, 6.07) is 10.4. The molecule has 0 radical (unpaired) electrons. The molecule has 0 aliphatic rings. The number of ether oxygens (including phenoxy) is 1. The van der Waals surface area contributed by atoms with Gasteiger partial charge in [0.15, 0.2) is 11.6 Å². The molecule has 0 saturated carbocycles. The molecule has 2 heterocycles. The first kappa shape index (κ1) is 22.8. The Labute approximate surface area is 198 Å². The van der Waals surface area contributed by atoms with Gasteiger partial charge in [-0.1, -0.05) is 23.2 Å². The number of benzene rings is 2. The third kappa shape index (κ3) is 5.50. The highest BCUT2D eigenvalue weighted by molar-refractivity contribution is 6.42. The lowest BCUT2D eigenvalue weighted by molar-refractivity contribution is -0.143. The number of rotatable bonds is 8. The molecule has 4 rings (SSSR count). The fourth-order valence-electron chi connectivity index (χ4n) is 3.11. The second-order valence-electron chi connectivity index (χ2n) is 6.97. The van der Waals surface area contributed by atoms with Gasteiger partial charge in [0.2, 0.25) is 5.95 Å². The molecule has 0 unspecified atom stereocenters. The fourth-order valence-corrected chi connectivity index (χ4v) is 3.41. The number of fused-ring (bicyclic) bond motifs is 1. The zero-order chi connectivity index (χ0) is 23.4. The summed E-state index contributed by atoms with van der Waals surface area (Å²) in [6.45, 7) is 2.49. The topological polar surface area (TPSA) is 94.0 Å². The summed E-state index contributed by atoms with van der Waals surface area (Å²) in [7, 11) is 0. The van der Waals surface area contributed by atoms with E-state index in [1.165, 1.54) is 0 Å². The molecule has 4 aromatic rings. The van der Waals surface area contributed by atoms with Gasteiger partial charge in [0.1, 0.15) is 0 Å². The van der Waals surface area contributed by atoms with E-state index in [2.05, 4.69) is 25.7 Å². The van der Waals surface area contributed by atoms with Crippen molar-refractivity contribution in [1.29, 1.82) is 0 Å². The number of esters is 1. The number of hydrogen-bond acceptors (Lipinski definition) is 7. The van der Waals surface area contributed by atoms with E-state index in [1.54, 1.807) is 36.0 Å².